The monoisotopic (exact) mass is 249 g/mol. The summed E-state index contributed by atoms with van der Waals surface area (Å²) in [5.41, 5.74) is 1.10. The second-order valence-corrected chi connectivity index (χ2v) is 5.10. The minimum Gasteiger partial charge on any atom is -0.489 e. The molecule has 0 saturated carbocycles. The fraction of sp³-hybridized carbons (Fsp3) is 0.600. The van der Waals surface area contributed by atoms with Gasteiger partial charge in [-0.05, 0) is 44.7 Å². The molecule has 0 bridgehead atoms. The Balaban J connectivity index is 1.91. The molecule has 0 amide bonds. The van der Waals surface area contributed by atoms with Crippen LogP contribution in [0.2, 0.25) is 0 Å². The molecule has 0 aromatic heterocycles. The first kappa shape index (κ1) is 13.2. The van der Waals surface area contributed by atoms with Crippen molar-refractivity contribution in [1.82, 2.24) is 0 Å². The van der Waals surface area contributed by atoms with E-state index in [2.05, 4.69) is 25.2 Å². The highest BCUT2D eigenvalue weighted by atomic mass is 16.5. The Hall–Kier alpha value is -1.22. The number of nitrogens with one attached hydrogen (secondary N) is 1. The zero-order chi connectivity index (χ0) is 12.8. The summed E-state index contributed by atoms with van der Waals surface area (Å²) < 4.78 is 11.2. The lowest BCUT2D eigenvalue weighted by Gasteiger charge is -2.23. The van der Waals surface area contributed by atoms with Crippen LogP contribution in [-0.2, 0) is 4.74 Å². The highest BCUT2D eigenvalue weighted by Crippen LogP contribution is 2.26. The average molecular weight is 249 g/mol. The van der Waals surface area contributed by atoms with Crippen LogP contribution in [0.25, 0.3) is 0 Å². The molecule has 1 heterocycles. The molecule has 1 aliphatic heterocycles. The van der Waals surface area contributed by atoms with Crippen LogP contribution in [0.5, 0.6) is 5.75 Å². The van der Waals surface area contributed by atoms with Crippen LogP contribution in [0.4, 0.5) is 5.69 Å². The van der Waals surface area contributed by atoms with E-state index in [1.165, 1.54) is 0 Å². The van der Waals surface area contributed by atoms with Gasteiger partial charge < -0.3 is 14.8 Å². The molecule has 1 N–H and O–H groups in total. The third-order valence-corrected chi connectivity index (χ3v) is 3.17. The Morgan fingerprint density at radius 1 is 1.28 bits per heavy atom. The molecule has 0 spiro atoms. The van der Waals surface area contributed by atoms with Crippen LogP contribution in [0.1, 0.15) is 26.7 Å². The van der Waals surface area contributed by atoms with Crippen molar-refractivity contribution in [3.63, 3.8) is 0 Å². The second kappa shape index (κ2) is 6.64. The summed E-state index contributed by atoms with van der Waals surface area (Å²) in [5.74, 6) is 1.66. The molecule has 0 radical (unpaired) electrons. The Kier molecular flexibility index (Phi) is 4.88. The molecule has 0 aliphatic carbocycles. The first-order valence-electron chi connectivity index (χ1n) is 6.83. The van der Waals surface area contributed by atoms with Crippen molar-refractivity contribution >= 4 is 5.69 Å². The highest BCUT2D eigenvalue weighted by molar-refractivity contribution is 5.56. The molecule has 1 aliphatic rings. The van der Waals surface area contributed by atoms with Gasteiger partial charge in [-0.2, -0.15) is 0 Å². The van der Waals surface area contributed by atoms with Gasteiger partial charge in [-0.3, -0.25) is 0 Å². The Morgan fingerprint density at radius 2 is 2.00 bits per heavy atom. The van der Waals surface area contributed by atoms with Gasteiger partial charge >= 0.3 is 0 Å². The predicted octanol–water partition coefficient (Wildman–Crippen LogP) is 3.31. The van der Waals surface area contributed by atoms with Gasteiger partial charge in [0.15, 0.2) is 0 Å². The number of rotatable bonds is 5. The summed E-state index contributed by atoms with van der Waals surface area (Å²) in [6.07, 6.45) is 2.51. The molecule has 0 unspecified atom stereocenters. The van der Waals surface area contributed by atoms with Gasteiger partial charge in [0.2, 0.25) is 0 Å². The summed E-state index contributed by atoms with van der Waals surface area (Å²) in [6, 6.07) is 8.15. The summed E-state index contributed by atoms with van der Waals surface area (Å²) in [6.45, 7) is 6.90. The molecule has 18 heavy (non-hydrogen) atoms. The lowest BCUT2D eigenvalue weighted by molar-refractivity contribution is 0.0699. The largest absolute Gasteiger partial charge is 0.489 e. The fourth-order valence-electron chi connectivity index (χ4n) is 2.17. The molecular weight excluding hydrogens is 226 g/mol. The van der Waals surface area contributed by atoms with E-state index in [-0.39, 0.29) is 6.10 Å². The molecule has 1 saturated heterocycles. The van der Waals surface area contributed by atoms with E-state index in [1.807, 2.05) is 18.2 Å². The molecule has 3 nitrogen and oxygen atoms in total. The maximum Gasteiger partial charge on any atom is 0.142 e. The van der Waals surface area contributed by atoms with Gasteiger partial charge in [-0.25, -0.2) is 0 Å². The maximum atomic E-state index is 5.80. The van der Waals surface area contributed by atoms with Crippen LogP contribution < -0.4 is 10.1 Å². The minimum atomic E-state index is 0.205. The number of anilines is 1. The van der Waals surface area contributed by atoms with Gasteiger partial charge in [-0.1, -0.05) is 12.1 Å². The molecule has 1 aromatic carbocycles. The van der Waals surface area contributed by atoms with Crippen molar-refractivity contribution in [2.45, 2.75) is 32.8 Å². The number of ether oxygens (including phenoxy) is 2. The van der Waals surface area contributed by atoms with E-state index in [0.717, 1.165) is 44.0 Å². The Bertz CT molecular complexity index is 359. The molecule has 1 fully saturated rings. The van der Waals surface area contributed by atoms with Gasteiger partial charge in [-0.15, -0.1) is 0 Å². The van der Waals surface area contributed by atoms with Crippen LogP contribution in [0.3, 0.4) is 0 Å². The van der Waals surface area contributed by atoms with Crippen molar-refractivity contribution in [2.24, 2.45) is 5.92 Å². The van der Waals surface area contributed by atoms with Crippen LogP contribution in [-0.4, -0.2) is 25.9 Å². The van der Waals surface area contributed by atoms with Gasteiger partial charge in [0.1, 0.15) is 5.75 Å². The average Bonchev–Trinajstić information content (AvgIpc) is 2.38. The van der Waals surface area contributed by atoms with Crippen molar-refractivity contribution in [1.29, 1.82) is 0 Å². The first-order valence-corrected chi connectivity index (χ1v) is 6.83. The maximum absolute atomic E-state index is 5.80. The molecule has 0 atom stereocenters. The van der Waals surface area contributed by atoms with Gasteiger partial charge in [0.05, 0.1) is 11.8 Å². The summed E-state index contributed by atoms with van der Waals surface area (Å²) in [4.78, 5) is 0. The molecule has 2 rings (SSSR count). The van der Waals surface area contributed by atoms with E-state index in [4.69, 9.17) is 9.47 Å². The zero-order valence-electron chi connectivity index (χ0n) is 11.3. The van der Waals surface area contributed by atoms with Gasteiger partial charge in [0.25, 0.3) is 0 Å². The van der Waals surface area contributed by atoms with Crippen molar-refractivity contribution < 1.29 is 9.47 Å². The molecular formula is C15H23NO2. The Labute approximate surface area is 109 Å². The third kappa shape index (κ3) is 3.91. The quantitative estimate of drug-likeness (QED) is 0.868. The lowest BCUT2D eigenvalue weighted by Crippen LogP contribution is -2.23. The smallest absolute Gasteiger partial charge is 0.142 e. The topological polar surface area (TPSA) is 30.5 Å². The lowest BCUT2D eigenvalue weighted by atomic mass is 10.0. The van der Waals surface area contributed by atoms with Crippen LogP contribution in [0.15, 0.2) is 24.3 Å². The van der Waals surface area contributed by atoms with E-state index in [1.54, 1.807) is 0 Å². The van der Waals surface area contributed by atoms with Crippen molar-refractivity contribution in [3.05, 3.63) is 24.3 Å². The first-order chi connectivity index (χ1) is 8.75. The fourth-order valence-corrected chi connectivity index (χ4v) is 2.17. The molecule has 3 heteroatoms. The summed E-state index contributed by atoms with van der Waals surface area (Å²) in [5, 5.41) is 3.51. The van der Waals surface area contributed by atoms with E-state index >= 15 is 0 Å². The number of para-hydroxylation sites is 2. The van der Waals surface area contributed by atoms with Crippen molar-refractivity contribution in [3.8, 4) is 5.75 Å². The third-order valence-electron chi connectivity index (χ3n) is 3.17. The summed E-state index contributed by atoms with van der Waals surface area (Å²) >= 11 is 0. The Morgan fingerprint density at radius 3 is 2.72 bits per heavy atom. The standard InChI is InChI=1S/C15H23NO2/c1-12(2)18-15-6-4-3-5-14(15)16-11-13-7-9-17-10-8-13/h3-6,12-13,16H,7-11H2,1-2H3. The number of hydrogen-bond donors (Lipinski definition) is 1. The summed E-state index contributed by atoms with van der Waals surface area (Å²) in [7, 11) is 0. The van der Waals surface area contributed by atoms with Gasteiger partial charge in [0, 0.05) is 19.8 Å². The molecule has 100 valence electrons. The van der Waals surface area contributed by atoms with Crippen molar-refractivity contribution in [2.75, 3.05) is 25.1 Å². The SMILES string of the molecule is CC(C)Oc1ccccc1NCC1CCOCC1. The van der Waals surface area contributed by atoms with Crippen LogP contribution >= 0.6 is 0 Å². The normalized spacial score (nSPS) is 16.8. The minimum absolute atomic E-state index is 0.205. The number of hydrogen-bond acceptors (Lipinski definition) is 3. The predicted molar refractivity (Wildman–Crippen MR) is 74.2 cm³/mol. The number of benzene rings is 1. The zero-order valence-corrected chi connectivity index (χ0v) is 11.3. The second-order valence-electron chi connectivity index (χ2n) is 5.10. The van der Waals surface area contributed by atoms with Crippen LogP contribution in [0, 0.1) is 5.92 Å². The van der Waals surface area contributed by atoms with E-state index in [0.29, 0.717) is 5.92 Å². The highest BCUT2D eigenvalue weighted by Gasteiger charge is 2.14. The van der Waals surface area contributed by atoms with E-state index in [9.17, 15) is 0 Å². The molecule has 1 aromatic rings. The van der Waals surface area contributed by atoms with E-state index < -0.39 is 0 Å².